The Hall–Kier alpha value is -3.06. The van der Waals surface area contributed by atoms with Gasteiger partial charge in [-0.1, -0.05) is 44.2 Å². The number of nitrogens with zero attached hydrogens (tertiary/aromatic N) is 2. The summed E-state index contributed by atoms with van der Waals surface area (Å²) in [6.45, 7) is 8.00. The number of nitrogens with one attached hydrogen (secondary N) is 2. The third-order valence-electron chi connectivity index (χ3n) is 6.83. The van der Waals surface area contributed by atoms with Crippen molar-refractivity contribution >= 4 is 17.7 Å². The van der Waals surface area contributed by atoms with Gasteiger partial charge in [0.05, 0.1) is 12.1 Å². The van der Waals surface area contributed by atoms with E-state index in [0.717, 1.165) is 42.9 Å². The second-order valence-corrected chi connectivity index (χ2v) is 8.49. The van der Waals surface area contributed by atoms with Gasteiger partial charge in [0.15, 0.2) is 0 Å². The summed E-state index contributed by atoms with van der Waals surface area (Å²) in [5, 5.41) is 16.5. The number of hydrogen-bond acceptors (Lipinski definition) is 4. The van der Waals surface area contributed by atoms with E-state index in [-0.39, 0.29) is 23.9 Å². The molecule has 0 bridgehead atoms. The SMILES string of the molecule is CCN(CC)CCNC(=O)c1ccc2c(c1)C1C(CCN1C(=O)O)C(c1ccccc1)N2. The highest BCUT2D eigenvalue weighted by molar-refractivity contribution is 5.95. The molecule has 4 rings (SSSR count). The Morgan fingerprint density at radius 1 is 1.16 bits per heavy atom. The van der Waals surface area contributed by atoms with Gasteiger partial charge in [-0.25, -0.2) is 4.79 Å². The van der Waals surface area contributed by atoms with Gasteiger partial charge in [0.25, 0.3) is 5.91 Å². The number of carbonyl (C=O) groups excluding carboxylic acids is 1. The average molecular weight is 437 g/mol. The molecule has 2 aliphatic rings. The van der Waals surface area contributed by atoms with E-state index in [4.69, 9.17) is 0 Å². The second kappa shape index (κ2) is 9.61. The number of carboxylic acid groups (broad SMARTS) is 1. The van der Waals surface area contributed by atoms with Crippen LogP contribution >= 0.6 is 0 Å². The van der Waals surface area contributed by atoms with Crippen LogP contribution in [0.15, 0.2) is 48.5 Å². The third kappa shape index (κ3) is 4.30. The molecule has 2 aromatic carbocycles. The zero-order valence-electron chi connectivity index (χ0n) is 18.8. The first-order valence-corrected chi connectivity index (χ1v) is 11.5. The lowest BCUT2D eigenvalue weighted by molar-refractivity contribution is 0.0948. The Morgan fingerprint density at radius 2 is 1.91 bits per heavy atom. The number of likely N-dealkylation sites (tertiary alicyclic amines) is 1. The van der Waals surface area contributed by atoms with Crippen molar-refractivity contribution in [3.63, 3.8) is 0 Å². The Bertz CT molecular complexity index is 961. The molecule has 2 aliphatic heterocycles. The van der Waals surface area contributed by atoms with E-state index in [0.29, 0.717) is 18.7 Å². The minimum absolute atomic E-state index is 0.0341. The lowest BCUT2D eigenvalue weighted by atomic mass is 9.79. The Morgan fingerprint density at radius 3 is 2.59 bits per heavy atom. The molecular weight excluding hydrogens is 404 g/mol. The van der Waals surface area contributed by atoms with Gasteiger partial charge in [0, 0.05) is 36.8 Å². The van der Waals surface area contributed by atoms with Crippen molar-refractivity contribution in [1.29, 1.82) is 0 Å². The molecule has 0 radical (unpaired) electrons. The fraction of sp³-hybridized carbons (Fsp3) is 0.440. The summed E-state index contributed by atoms with van der Waals surface area (Å²) in [6, 6.07) is 15.6. The standard InChI is InChI=1S/C25H32N4O3/c1-3-28(4-2)15-13-26-24(30)18-10-11-21-20(16-18)23-19(12-14-29(23)25(31)32)22(27-21)17-8-6-5-7-9-17/h5-11,16,19,22-23,27H,3-4,12-15H2,1-2H3,(H,26,30)(H,31,32). The van der Waals surface area contributed by atoms with E-state index in [1.54, 1.807) is 0 Å². The summed E-state index contributed by atoms with van der Waals surface area (Å²) in [4.78, 5) is 28.6. The molecule has 3 unspecified atom stereocenters. The molecule has 0 aromatic heterocycles. The third-order valence-corrected chi connectivity index (χ3v) is 6.83. The van der Waals surface area contributed by atoms with Gasteiger partial charge in [-0.3, -0.25) is 4.79 Å². The van der Waals surface area contributed by atoms with Crippen molar-refractivity contribution < 1.29 is 14.7 Å². The molecule has 3 atom stereocenters. The van der Waals surface area contributed by atoms with Crippen molar-refractivity contribution in [3.05, 3.63) is 65.2 Å². The molecule has 3 N–H and O–H groups in total. The van der Waals surface area contributed by atoms with Crippen LogP contribution < -0.4 is 10.6 Å². The molecule has 32 heavy (non-hydrogen) atoms. The van der Waals surface area contributed by atoms with E-state index in [2.05, 4.69) is 41.5 Å². The van der Waals surface area contributed by atoms with E-state index in [1.165, 1.54) is 4.90 Å². The number of carbonyl (C=O) groups is 2. The quantitative estimate of drug-likeness (QED) is 0.612. The Labute approximate surface area is 189 Å². The summed E-state index contributed by atoms with van der Waals surface area (Å²) < 4.78 is 0. The van der Waals surface area contributed by atoms with Gasteiger partial charge in [0.1, 0.15) is 0 Å². The molecular formula is C25H32N4O3. The maximum atomic E-state index is 12.8. The number of likely N-dealkylation sites (N-methyl/N-ethyl adjacent to an activating group) is 1. The highest BCUT2D eigenvalue weighted by atomic mass is 16.4. The molecule has 7 heteroatoms. The molecule has 2 amide bonds. The van der Waals surface area contributed by atoms with Crippen LogP contribution in [0.5, 0.6) is 0 Å². The number of amides is 2. The molecule has 0 aliphatic carbocycles. The molecule has 1 saturated heterocycles. The van der Waals surface area contributed by atoms with E-state index >= 15 is 0 Å². The van der Waals surface area contributed by atoms with Crippen molar-refractivity contribution in [3.8, 4) is 0 Å². The minimum Gasteiger partial charge on any atom is -0.465 e. The molecule has 0 saturated carbocycles. The molecule has 2 heterocycles. The van der Waals surface area contributed by atoms with Crippen LogP contribution in [-0.4, -0.2) is 59.6 Å². The fourth-order valence-electron chi connectivity index (χ4n) is 5.09. The van der Waals surface area contributed by atoms with Crippen LogP contribution in [0.2, 0.25) is 0 Å². The van der Waals surface area contributed by atoms with Crippen LogP contribution in [0.3, 0.4) is 0 Å². The van der Waals surface area contributed by atoms with Crippen molar-refractivity contribution in [2.24, 2.45) is 5.92 Å². The van der Waals surface area contributed by atoms with Crippen molar-refractivity contribution in [2.45, 2.75) is 32.4 Å². The van der Waals surface area contributed by atoms with E-state index < -0.39 is 6.09 Å². The highest BCUT2D eigenvalue weighted by Gasteiger charge is 2.46. The van der Waals surface area contributed by atoms with Gasteiger partial charge in [-0.15, -0.1) is 0 Å². The molecule has 170 valence electrons. The van der Waals surface area contributed by atoms with Gasteiger partial charge >= 0.3 is 6.09 Å². The number of anilines is 1. The van der Waals surface area contributed by atoms with Crippen LogP contribution in [-0.2, 0) is 0 Å². The van der Waals surface area contributed by atoms with Crippen LogP contribution in [0, 0.1) is 5.92 Å². The predicted molar refractivity (Wildman–Crippen MR) is 125 cm³/mol. The Kier molecular flexibility index (Phi) is 6.65. The molecule has 0 spiro atoms. The molecule has 7 nitrogen and oxygen atoms in total. The van der Waals surface area contributed by atoms with E-state index in [9.17, 15) is 14.7 Å². The van der Waals surface area contributed by atoms with Crippen molar-refractivity contribution in [1.82, 2.24) is 15.1 Å². The molecule has 2 aromatic rings. The summed E-state index contributed by atoms with van der Waals surface area (Å²) in [5.41, 5.74) is 3.50. The lowest BCUT2D eigenvalue weighted by Gasteiger charge is -2.39. The second-order valence-electron chi connectivity index (χ2n) is 8.49. The summed E-state index contributed by atoms with van der Waals surface area (Å²) in [6.07, 6.45) is -0.130. The van der Waals surface area contributed by atoms with Crippen molar-refractivity contribution in [2.75, 3.05) is 38.0 Å². The number of benzene rings is 2. The number of rotatable bonds is 7. The lowest BCUT2D eigenvalue weighted by Crippen LogP contribution is -2.37. The minimum atomic E-state index is -0.911. The normalized spacial score (nSPS) is 21.6. The zero-order valence-corrected chi connectivity index (χ0v) is 18.8. The largest absolute Gasteiger partial charge is 0.465 e. The Balaban J connectivity index is 1.60. The van der Waals surface area contributed by atoms with Gasteiger partial charge in [-0.05, 0) is 48.8 Å². The maximum Gasteiger partial charge on any atom is 0.407 e. The highest BCUT2D eigenvalue weighted by Crippen LogP contribution is 2.51. The first kappa shape index (κ1) is 22.1. The van der Waals surface area contributed by atoms with Crippen LogP contribution in [0.25, 0.3) is 0 Å². The number of hydrogen-bond donors (Lipinski definition) is 3. The van der Waals surface area contributed by atoms with E-state index in [1.807, 2.05) is 36.4 Å². The smallest absolute Gasteiger partial charge is 0.407 e. The van der Waals surface area contributed by atoms with Gasteiger partial charge < -0.3 is 25.5 Å². The van der Waals surface area contributed by atoms with Crippen LogP contribution in [0.4, 0.5) is 10.5 Å². The summed E-state index contributed by atoms with van der Waals surface area (Å²) >= 11 is 0. The fourth-order valence-corrected chi connectivity index (χ4v) is 5.09. The zero-order chi connectivity index (χ0) is 22.7. The summed E-state index contributed by atoms with van der Waals surface area (Å²) in [5.74, 6) is -0.0106. The summed E-state index contributed by atoms with van der Waals surface area (Å²) in [7, 11) is 0. The van der Waals surface area contributed by atoms with Gasteiger partial charge in [-0.2, -0.15) is 0 Å². The predicted octanol–water partition coefficient (Wildman–Crippen LogP) is 3.97. The topological polar surface area (TPSA) is 84.9 Å². The first-order chi connectivity index (χ1) is 15.5. The number of fused-ring (bicyclic) bond motifs is 3. The first-order valence-electron chi connectivity index (χ1n) is 11.5. The maximum absolute atomic E-state index is 12.8. The monoisotopic (exact) mass is 436 g/mol. The average Bonchev–Trinajstić information content (AvgIpc) is 3.27. The van der Waals surface area contributed by atoms with Crippen LogP contribution in [0.1, 0.15) is 53.8 Å². The van der Waals surface area contributed by atoms with Gasteiger partial charge in [0.2, 0.25) is 0 Å². The molecule has 1 fully saturated rings.